The quantitative estimate of drug-likeness (QED) is 0.850. The number of nitrogens with zero attached hydrogens (tertiary/aromatic N) is 2. The molecule has 1 N–H and O–H groups in total. The first-order valence-corrected chi connectivity index (χ1v) is 6.89. The minimum atomic E-state index is 0.240. The Balaban J connectivity index is 2.26. The van der Waals surface area contributed by atoms with Crippen LogP contribution in [0, 0.1) is 5.92 Å². The van der Waals surface area contributed by atoms with E-state index < -0.39 is 0 Å². The molecule has 0 atom stereocenters. The highest BCUT2D eigenvalue weighted by molar-refractivity contribution is 6.28. The Hall–Kier alpha value is -1.81. The van der Waals surface area contributed by atoms with Gasteiger partial charge >= 0.3 is 0 Å². The van der Waals surface area contributed by atoms with Crippen LogP contribution in [-0.4, -0.2) is 23.6 Å². The van der Waals surface area contributed by atoms with E-state index in [0.717, 1.165) is 29.4 Å². The molecule has 0 saturated carbocycles. The van der Waals surface area contributed by atoms with Crippen LogP contribution in [0.4, 0.5) is 5.82 Å². The molecule has 20 heavy (non-hydrogen) atoms. The fourth-order valence-corrected chi connectivity index (χ4v) is 1.91. The summed E-state index contributed by atoms with van der Waals surface area (Å²) in [6, 6.07) is 9.59. The molecule has 0 aliphatic carbocycles. The third-order valence-corrected chi connectivity index (χ3v) is 2.95. The summed E-state index contributed by atoms with van der Waals surface area (Å²) in [5, 5.41) is 3.50. The van der Waals surface area contributed by atoms with Crippen molar-refractivity contribution in [3.8, 4) is 17.0 Å². The molecule has 0 aliphatic heterocycles. The minimum Gasteiger partial charge on any atom is -0.497 e. The first-order valence-electron chi connectivity index (χ1n) is 6.51. The van der Waals surface area contributed by atoms with E-state index in [1.54, 1.807) is 7.11 Å². The lowest BCUT2D eigenvalue weighted by atomic mass is 10.1. The average molecular weight is 292 g/mol. The Labute approximate surface area is 124 Å². The standard InChI is InChI=1S/C15H18ClN3O/c1-10(2)9-17-14-8-13(18-15(16)19-14)11-4-6-12(20-3)7-5-11/h4-8,10H,9H2,1-3H3,(H,17,18,19). The normalized spacial score (nSPS) is 10.7. The van der Waals surface area contributed by atoms with Crippen molar-refractivity contribution in [2.24, 2.45) is 5.92 Å². The second kappa shape index (κ2) is 6.57. The molecule has 0 aliphatic rings. The lowest BCUT2D eigenvalue weighted by molar-refractivity contribution is 0.415. The van der Waals surface area contributed by atoms with Crippen LogP contribution in [0.2, 0.25) is 5.28 Å². The molecule has 2 rings (SSSR count). The van der Waals surface area contributed by atoms with Crippen LogP contribution in [0.15, 0.2) is 30.3 Å². The number of benzene rings is 1. The number of hydrogen-bond acceptors (Lipinski definition) is 4. The zero-order valence-corrected chi connectivity index (χ0v) is 12.6. The summed E-state index contributed by atoms with van der Waals surface area (Å²) in [6.45, 7) is 5.12. The third kappa shape index (κ3) is 3.84. The van der Waals surface area contributed by atoms with Crippen molar-refractivity contribution in [1.29, 1.82) is 0 Å². The molecule has 1 aromatic carbocycles. The van der Waals surface area contributed by atoms with Crippen LogP contribution in [0.1, 0.15) is 13.8 Å². The summed E-state index contributed by atoms with van der Waals surface area (Å²) in [7, 11) is 1.64. The second-order valence-electron chi connectivity index (χ2n) is 4.91. The number of halogens is 1. The molecule has 0 spiro atoms. The Morgan fingerprint density at radius 1 is 1.20 bits per heavy atom. The van der Waals surface area contributed by atoms with Gasteiger partial charge in [0.25, 0.3) is 0 Å². The SMILES string of the molecule is COc1ccc(-c2cc(NCC(C)C)nc(Cl)n2)cc1. The Morgan fingerprint density at radius 2 is 1.90 bits per heavy atom. The molecule has 0 amide bonds. The number of hydrogen-bond donors (Lipinski definition) is 1. The molecule has 1 heterocycles. The van der Waals surface area contributed by atoms with Crippen molar-refractivity contribution < 1.29 is 4.74 Å². The van der Waals surface area contributed by atoms with Crippen LogP contribution < -0.4 is 10.1 Å². The lowest BCUT2D eigenvalue weighted by Crippen LogP contribution is -2.09. The molecule has 0 fully saturated rings. The molecule has 0 saturated heterocycles. The van der Waals surface area contributed by atoms with E-state index >= 15 is 0 Å². The van der Waals surface area contributed by atoms with Gasteiger partial charge < -0.3 is 10.1 Å². The van der Waals surface area contributed by atoms with Crippen LogP contribution in [-0.2, 0) is 0 Å². The van der Waals surface area contributed by atoms with E-state index in [1.807, 2.05) is 30.3 Å². The molecule has 106 valence electrons. The summed E-state index contributed by atoms with van der Waals surface area (Å²) in [5.41, 5.74) is 1.77. The van der Waals surface area contributed by atoms with Gasteiger partial charge in [0.05, 0.1) is 12.8 Å². The smallest absolute Gasteiger partial charge is 0.224 e. The lowest BCUT2D eigenvalue weighted by Gasteiger charge is -2.10. The molecule has 5 heteroatoms. The van der Waals surface area contributed by atoms with Gasteiger partial charge in [-0.15, -0.1) is 0 Å². The van der Waals surface area contributed by atoms with Crippen LogP contribution in [0.25, 0.3) is 11.3 Å². The number of ether oxygens (including phenoxy) is 1. The third-order valence-electron chi connectivity index (χ3n) is 2.78. The highest BCUT2D eigenvalue weighted by Gasteiger charge is 2.06. The summed E-state index contributed by atoms with van der Waals surface area (Å²) >= 11 is 5.99. The van der Waals surface area contributed by atoms with Crippen LogP contribution >= 0.6 is 11.6 Å². The molecule has 0 radical (unpaired) electrons. The first-order chi connectivity index (χ1) is 9.58. The van der Waals surface area contributed by atoms with E-state index in [9.17, 15) is 0 Å². The van der Waals surface area contributed by atoms with E-state index in [1.165, 1.54) is 0 Å². The predicted molar refractivity (Wildman–Crippen MR) is 82.4 cm³/mol. The molecule has 0 unspecified atom stereocenters. The Kier molecular flexibility index (Phi) is 4.79. The molecule has 1 aromatic heterocycles. The number of nitrogens with one attached hydrogen (secondary N) is 1. The van der Waals surface area contributed by atoms with Gasteiger partial charge in [0.2, 0.25) is 5.28 Å². The maximum absolute atomic E-state index is 5.99. The summed E-state index contributed by atoms with van der Waals surface area (Å²) in [4.78, 5) is 8.44. The van der Waals surface area contributed by atoms with Crippen molar-refractivity contribution in [2.45, 2.75) is 13.8 Å². The van der Waals surface area contributed by atoms with Gasteiger partial charge in [-0.3, -0.25) is 0 Å². The van der Waals surface area contributed by atoms with Crippen molar-refractivity contribution in [1.82, 2.24) is 9.97 Å². The second-order valence-corrected chi connectivity index (χ2v) is 5.25. The van der Waals surface area contributed by atoms with Gasteiger partial charge in [-0.25, -0.2) is 9.97 Å². The number of aromatic nitrogens is 2. The van der Waals surface area contributed by atoms with E-state index in [2.05, 4.69) is 29.1 Å². The van der Waals surface area contributed by atoms with E-state index in [0.29, 0.717) is 5.92 Å². The molecular weight excluding hydrogens is 274 g/mol. The van der Waals surface area contributed by atoms with Gasteiger partial charge in [-0.1, -0.05) is 13.8 Å². The average Bonchev–Trinajstić information content (AvgIpc) is 2.44. The van der Waals surface area contributed by atoms with Gasteiger partial charge in [-0.05, 0) is 41.8 Å². The van der Waals surface area contributed by atoms with Gasteiger partial charge in [0, 0.05) is 18.2 Å². The molecule has 0 bridgehead atoms. The van der Waals surface area contributed by atoms with Crippen LogP contribution in [0.5, 0.6) is 5.75 Å². The fraction of sp³-hybridized carbons (Fsp3) is 0.333. The monoisotopic (exact) mass is 291 g/mol. The largest absolute Gasteiger partial charge is 0.497 e. The molecular formula is C15H18ClN3O. The zero-order valence-electron chi connectivity index (χ0n) is 11.9. The topological polar surface area (TPSA) is 47.0 Å². The zero-order chi connectivity index (χ0) is 14.5. The van der Waals surface area contributed by atoms with Gasteiger partial charge in [0.15, 0.2) is 0 Å². The Morgan fingerprint density at radius 3 is 2.50 bits per heavy atom. The van der Waals surface area contributed by atoms with Crippen molar-refractivity contribution in [3.05, 3.63) is 35.6 Å². The maximum atomic E-state index is 5.99. The summed E-state index contributed by atoms with van der Waals surface area (Å²) < 4.78 is 5.15. The number of anilines is 1. The Bertz CT molecular complexity index is 570. The highest BCUT2D eigenvalue weighted by atomic mass is 35.5. The minimum absolute atomic E-state index is 0.240. The molecule has 4 nitrogen and oxygen atoms in total. The van der Waals surface area contributed by atoms with Gasteiger partial charge in [-0.2, -0.15) is 0 Å². The van der Waals surface area contributed by atoms with Crippen molar-refractivity contribution in [3.63, 3.8) is 0 Å². The first kappa shape index (κ1) is 14.6. The van der Waals surface area contributed by atoms with Crippen molar-refractivity contribution in [2.75, 3.05) is 19.0 Å². The highest BCUT2D eigenvalue weighted by Crippen LogP contribution is 2.23. The van der Waals surface area contributed by atoms with Crippen molar-refractivity contribution >= 4 is 17.4 Å². The molecule has 2 aromatic rings. The van der Waals surface area contributed by atoms with E-state index in [4.69, 9.17) is 16.3 Å². The van der Waals surface area contributed by atoms with Crippen LogP contribution in [0.3, 0.4) is 0 Å². The summed E-state index contributed by atoms with van der Waals surface area (Å²) in [5.74, 6) is 2.09. The number of rotatable bonds is 5. The van der Waals surface area contributed by atoms with E-state index in [-0.39, 0.29) is 5.28 Å². The predicted octanol–water partition coefficient (Wildman–Crippen LogP) is 3.87. The van der Waals surface area contributed by atoms with Gasteiger partial charge in [0.1, 0.15) is 11.6 Å². The fourth-order valence-electron chi connectivity index (χ4n) is 1.73. The number of methoxy groups -OCH3 is 1. The summed E-state index contributed by atoms with van der Waals surface area (Å²) in [6.07, 6.45) is 0. The maximum Gasteiger partial charge on any atom is 0.224 e.